The van der Waals surface area contributed by atoms with E-state index in [1.54, 1.807) is 18.3 Å². The van der Waals surface area contributed by atoms with Gasteiger partial charge in [-0.3, -0.25) is 4.98 Å². The third-order valence-corrected chi connectivity index (χ3v) is 3.75. The highest BCUT2D eigenvalue weighted by atomic mass is 35.5. The van der Waals surface area contributed by atoms with Crippen LogP contribution in [0.5, 0.6) is 0 Å². The summed E-state index contributed by atoms with van der Waals surface area (Å²) in [5.74, 6) is -0.472. The van der Waals surface area contributed by atoms with Crippen LogP contribution < -0.4 is 0 Å². The highest BCUT2D eigenvalue weighted by Crippen LogP contribution is 2.25. The molecule has 2 aromatic carbocycles. The molecular formula is C17H13ClFNO. The van der Waals surface area contributed by atoms with Crippen molar-refractivity contribution >= 4 is 22.5 Å². The van der Waals surface area contributed by atoms with Gasteiger partial charge in [0.25, 0.3) is 0 Å². The van der Waals surface area contributed by atoms with E-state index in [1.807, 2.05) is 30.3 Å². The van der Waals surface area contributed by atoms with Gasteiger partial charge in [-0.25, -0.2) is 4.39 Å². The number of hydrogen-bond donors (Lipinski definition) is 1. The zero-order valence-electron chi connectivity index (χ0n) is 11.1. The second kappa shape index (κ2) is 5.80. The molecule has 0 aliphatic rings. The molecule has 2 nitrogen and oxygen atoms in total. The second-order valence-electron chi connectivity index (χ2n) is 4.89. The van der Waals surface area contributed by atoms with Crippen LogP contribution >= 0.6 is 11.6 Å². The lowest BCUT2D eigenvalue weighted by atomic mass is 9.99. The minimum Gasteiger partial charge on any atom is -0.388 e. The first-order valence-electron chi connectivity index (χ1n) is 6.61. The molecule has 1 N–H and O–H groups in total. The second-order valence-corrected chi connectivity index (χ2v) is 5.30. The van der Waals surface area contributed by atoms with Crippen molar-refractivity contribution in [3.63, 3.8) is 0 Å². The van der Waals surface area contributed by atoms with E-state index in [1.165, 1.54) is 6.07 Å². The third-order valence-electron chi connectivity index (χ3n) is 3.46. The Morgan fingerprint density at radius 1 is 1.14 bits per heavy atom. The number of hydrogen-bond acceptors (Lipinski definition) is 2. The van der Waals surface area contributed by atoms with Crippen molar-refractivity contribution in [1.29, 1.82) is 0 Å². The quantitative estimate of drug-likeness (QED) is 0.782. The molecule has 1 heterocycles. The average molecular weight is 302 g/mol. The minimum absolute atomic E-state index is 0.0717. The van der Waals surface area contributed by atoms with Crippen LogP contribution in [0.4, 0.5) is 4.39 Å². The molecule has 0 spiro atoms. The summed E-state index contributed by atoms with van der Waals surface area (Å²) in [7, 11) is 0. The predicted octanol–water partition coefficient (Wildman–Crippen LogP) is 4.30. The van der Waals surface area contributed by atoms with Gasteiger partial charge in [-0.2, -0.15) is 0 Å². The minimum atomic E-state index is -0.789. The van der Waals surface area contributed by atoms with Gasteiger partial charge in [0.1, 0.15) is 5.82 Å². The summed E-state index contributed by atoms with van der Waals surface area (Å²) < 4.78 is 13.9. The molecule has 4 heteroatoms. The van der Waals surface area contributed by atoms with Gasteiger partial charge in [0, 0.05) is 18.0 Å². The van der Waals surface area contributed by atoms with Gasteiger partial charge in [0.2, 0.25) is 0 Å². The first-order chi connectivity index (χ1) is 10.1. The number of nitrogens with zero attached hydrogens (tertiary/aromatic N) is 1. The fourth-order valence-corrected chi connectivity index (χ4v) is 2.53. The van der Waals surface area contributed by atoms with Crippen LogP contribution in [0.2, 0.25) is 5.02 Å². The Morgan fingerprint density at radius 3 is 2.86 bits per heavy atom. The Morgan fingerprint density at radius 2 is 2.00 bits per heavy atom. The molecule has 21 heavy (non-hydrogen) atoms. The topological polar surface area (TPSA) is 33.1 Å². The Hall–Kier alpha value is -1.97. The Kier molecular flexibility index (Phi) is 3.86. The van der Waals surface area contributed by atoms with Crippen molar-refractivity contribution in [3.8, 4) is 0 Å². The zero-order chi connectivity index (χ0) is 14.8. The molecule has 0 amide bonds. The molecule has 0 radical (unpaired) electrons. The van der Waals surface area contributed by atoms with E-state index in [0.29, 0.717) is 5.56 Å². The standard InChI is InChI=1S/C17H13ClFNO/c18-14-5-1-3-13(17(14)19)10-16(21)12-6-7-15-11(9-12)4-2-8-20-15/h1-9,16,21H,10H2. The molecule has 1 unspecified atom stereocenters. The molecule has 0 aliphatic heterocycles. The smallest absolute Gasteiger partial charge is 0.145 e. The van der Waals surface area contributed by atoms with E-state index in [9.17, 15) is 9.50 Å². The van der Waals surface area contributed by atoms with E-state index in [-0.39, 0.29) is 11.4 Å². The Bertz CT molecular complexity index is 791. The monoisotopic (exact) mass is 301 g/mol. The molecule has 0 bridgehead atoms. The first kappa shape index (κ1) is 14.0. The van der Waals surface area contributed by atoms with Gasteiger partial charge >= 0.3 is 0 Å². The molecule has 0 saturated carbocycles. The summed E-state index contributed by atoms with van der Waals surface area (Å²) in [4.78, 5) is 4.23. The lowest BCUT2D eigenvalue weighted by Crippen LogP contribution is -2.04. The van der Waals surface area contributed by atoms with E-state index in [2.05, 4.69) is 4.98 Å². The highest BCUT2D eigenvalue weighted by Gasteiger charge is 2.13. The lowest BCUT2D eigenvalue weighted by Gasteiger charge is -2.13. The van der Waals surface area contributed by atoms with Crippen molar-refractivity contribution in [2.45, 2.75) is 12.5 Å². The number of pyridine rings is 1. The SMILES string of the molecule is OC(Cc1cccc(Cl)c1F)c1ccc2ncccc2c1. The van der Waals surface area contributed by atoms with E-state index >= 15 is 0 Å². The average Bonchev–Trinajstić information content (AvgIpc) is 2.51. The van der Waals surface area contributed by atoms with Crippen molar-refractivity contribution in [1.82, 2.24) is 4.98 Å². The summed E-state index contributed by atoms with van der Waals surface area (Å²) >= 11 is 5.76. The van der Waals surface area contributed by atoms with Crippen molar-refractivity contribution in [2.24, 2.45) is 0 Å². The Balaban J connectivity index is 1.89. The van der Waals surface area contributed by atoms with Crippen LogP contribution in [-0.4, -0.2) is 10.1 Å². The number of aromatic nitrogens is 1. The largest absolute Gasteiger partial charge is 0.388 e. The maximum absolute atomic E-state index is 13.9. The van der Waals surface area contributed by atoms with Gasteiger partial charge in [-0.1, -0.05) is 35.9 Å². The fourth-order valence-electron chi connectivity index (χ4n) is 2.33. The van der Waals surface area contributed by atoms with Crippen LogP contribution in [-0.2, 0) is 6.42 Å². The molecule has 0 saturated heterocycles. The van der Waals surface area contributed by atoms with Gasteiger partial charge in [0.05, 0.1) is 16.6 Å². The molecule has 1 aromatic heterocycles. The zero-order valence-corrected chi connectivity index (χ0v) is 11.9. The molecule has 1 atom stereocenters. The van der Waals surface area contributed by atoms with Crippen LogP contribution in [0.3, 0.4) is 0 Å². The van der Waals surface area contributed by atoms with E-state index in [0.717, 1.165) is 16.5 Å². The predicted molar refractivity (Wildman–Crippen MR) is 81.8 cm³/mol. The van der Waals surface area contributed by atoms with E-state index in [4.69, 9.17) is 11.6 Å². The third kappa shape index (κ3) is 2.89. The summed E-state index contributed by atoms with van der Waals surface area (Å²) in [6.45, 7) is 0. The molecule has 0 aliphatic carbocycles. The van der Waals surface area contributed by atoms with Gasteiger partial charge in [0.15, 0.2) is 0 Å². The summed E-state index contributed by atoms with van der Waals surface area (Å²) in [6.07, 6.45) is 1.11. The van der Waals surface area contributed by atoms with Crippen molar-refractivity contribution in [3.05, 3.63) is 76.7 Å². The highest BCUT2D eigenvalue weighted by molar-refractivity contribution is 6.30. The summed E-state index contributed by atoms with van der Waals surface area (Å²) in [5.41, 5.74) is 2.00. The Labute approximate surface area is 126 Å². The molecular weight excluding hydrogens is 289 g/mol. The normalized spacial score (nSPS) is 12.5. The number of rotatable bonds is 3. The fraction of sp³-hybridized carbons (Fsp3) is 0.118. The summed E-state index contributed by atoms with van der Waals surface area (Å²) in [6, 6.07) is 14.1. The maximum Gasteiger partial charge on any atom is 0.145 e. The number of aliphatic hydroxyl groups excluding tert-OH is 1. The van der Waals surface area contributed by atoms with Crippen molar-refractivity contribution < 1.29 is 9.50 Å². The molecule has 106 valence electrons. The first-order valence-corrected chi connectivity index (χ1v) is 6.98. The van der Waals surface area contributed by atoms with Crippen LogP contribution in [0.25, 0.3) is 10.9 Å². The molecule has 3 rings (SSSR count). The van der Waals surface area contributed by atoms with Crippen LogP contribution in [0.1, 0.15) is 17.2 Å². The maximum atomic E-state index is 13.9. The number of halogens is 2. The number of fused-ring (bicyclic) bond motifs is 1. The van der Waals surface area contributed by atoms with Crippen LogP contribution in [0.15, 0.2) is 54.7 Å². The molecule has 3 aromatic rings. The van der Waals surface area contributed by atoms with Gasteiger partial charge in [-0.05, 0) is 35.4 Å². The van der Waals surface area contributed by atoms with Crippen molar-refractivity contribution in [2.75, 3.05) is 0 Å². The number of aliphatic hydroxyl groups is 1. The summed E-state index contributed by atoms with van der Waals surface area (Å²) in [5, 5.41) is 11.3. The van der Waals surface area contributed by atoms with E-state index < -0.39 is 11.9 Å². The lowest BCUT2D eigenvalue weighted by molar-refractivity contribution is 0.177. The molecule has 0 fully saturated rings. The number of benzene rings is 2. The van der Waals surface area contributed by atoms with Gasteiger partial charge < -0.3 is 5.11 Å². The van der Waals surface area contributed by atoms with Gasteiger partial charge in [-0.15, -0.1) is 0 Å². The van der Waals surface area contributed by atoms with Crippen LogP contribution in [0, 0.1) is 5.82 Å².